The molecule has 0 atom stereocenters. The molecule has 2 aliphatic carbocycles. The number of sulfone groups is 1. The first-order valence-electron chi connectivity index (χ1n) is 8.34. The first-order chi connectivity index (χ1) is 10.1. The summed E-state index contributed by atoms with van der Waals surface area (Å²) >= 11 is 0. The van der Waals surface area contributed by atoms with Gasteiger partial charge in [-0.05, 0) is 45.4 Å². The zero-order valence-corrected chi connectivity index (χ0v) is 13.8. The van der Waals surface area contributed by atoms with E-state index in [0.717, 1.165) is 44.3 Å². The summed E-state index contributed by atoms with van der Waals surface area (Å²) < 4.78 is 27.2. The summed E-state index contributed by atoms with van der Waals surface area (Å²) in [5, 5.41) is -0.0918. The van der Waals surface area contributed by atoms with Crippen LogP contribution in [0.15, 0.2) is 0 Å². The Morgan fingerprint density at radius 3 is 2.57 bits per heavy atom. The lowest BCUT2D eigenvalue weighted by Crippen LogP contribution is -2.28. The monoisotopic (exact) mass is 310 g/mol. The summed E-state index contributed by atoms with van der Waals surface area (Å²) in [7, 11) is -2.95. The van der Waals surface area contributed by atoms with Crippen LogP contribution in [0.5, 0.6) is 0 Å². The molecular weight excluding hydrogens is 284 g/mol. The second-order valence-corrected chi connectivity index (χ2v) is 8.94. The van der Waals surface area contributed by atoms with E-state index in [9.17, 15) is 8.42 Å². The van der Waals surface area contributed by atoms with Crippen molar-refractivity contribution >= 4 is 9.84 Å². The highest BCUT2D eigenvalue weighted by molar-refractivity contribution is 7.92. The van der Waals surface area contributed by atoms with Gasteiger partial charge >= 0.3 is 0 Å². The van der Waals surface area contributed by atoms with Gasteiger partial charge in [-0.15, -0.1) is 0 Å². The first-order valence-corrected chi connectivity index (χ1v) is 10.1. The lowest BCUT2D eigenvalue weighted by atomic mass is 10.0. The van der Waals surface area contributed by atoms with E-state index in [-0.39, 0.29) is 11.0 Å². The molecule has 0 amide bonds. The second-order valence-electron chi connectivity index (χ2n) is 6.54. The molecule has 5 heteroatoms. The Labute approximate surface area is 127 Å². The fourth-order valence-electron chi connectivity index (χ4n) is 3.84. The fraction of sp³-hybridized carbons (Fsp3) is 0.812. The smallest absolute Gasteiger partial charge is 0.154 e. The molecule has 4 nitrogen and oxygen atoms in total. The zero-order chi connectivity index (χ0) is 14.9. The molecule has 0 N–H and O–H groups in total. The minimum atomic E-state index is -2.95. The molecule has 0 unspecified atom stereocenters. The molecule has 1 saturated carbocycles. The van der Waals surface area contributed by atoms with E-state index in [1.54, 1.807) is 0 Å². The van der Waals surface area contributed by atoms with Crippen LogP contribution < -0.4 is 0 Å². The molecule has 2 aliphatic rings. The molecule has 0 aromatic carbocycles. The Kier molecular flexibility index (Phi) is 4.38. The number of imidazole rings is 1. The molecule has 0 spiro atoms. The van der Waals surface area contributed by atoms with Crippen LogP contribution in [-0.4, -0.2) is 29.0 Å². The Morgan fingerprint density at radius 2 is 1.81 bits per heavy atom. The molecule has 1 aromatic heterocycles. The molecule has 118 valence electrons. The van der Waals surface area contributed by atoms with Crippen molar-refractivity contribution in [3.8, 4) is 0 Å². The zero-order valence-electron chi connectivity index (χ0n) is 13.0. The van der Waals surface area contributed by atoms with Crippen molar-refractivity contribution in [1.82, 2.24) is 9.55 Å². The standard InChI is InChI=1S/C16H26N2O2S/c1-13-17-15-9-5-6-10-16(15)18(13)11-12-21(19,20)14-7-3-2-4-8-14/h14H,2-12H2,1H3. The van der Waals surface area contributed by atoms with Crippen molar-refractivity contribution in [1.29, 1.82) is 0 Å². The van der Waals surface area contributed by atoms with Gasteiger partial charge in [0.15, 0.2) is 9.84 Å². The van der Waals surface area contributed by atoms with E-state index >= 15 is 0 Å². The van der Waals surface area contributed by atoms with Crippen molar-refractivity contribution in [2.45, 2.75) is 76.5 Å². The summed E-state index contributed by atoms with van der Waals surface area (Å²) in [5.74, 6) is 1.27. The molecule has 21 heavy (non-hydrogen) atoms. The highest BCUT2D eigenvalue weighted by Crippen LogP contribution is 2.26. The van der Waals surface area contributed by atoms with Crippen molar-refractivity contribution in [2.75, 3.05) is 5.75 Å². The molecule has 0 radical (unpaired) electrons. The van der Waals surface area contributed by atoms with Gasteiger partial charge in [0, 0.05) is 12.2 Å². The average molecular weight is 310 g/mol. The quantitative estimate of drug-likeness (QED) is 0.859. The number of nitrogens with zero attached hydrogens (tertiary/aromatic N) is 2. The third kappa shape index (κ3) is 3.17. The summed E-state index contributed by atoms with van der Waals surface area (Å²) in [4.78, 5) is 4.63. The topological polar surface area (TPSA) is 52.0 Å². The number of hydrogen-bond acceptors (Lipinski definition) is 3. The van der Waals surface area contributed by atoms with E-state index in [1.165, 1.54) is 30.7 Å². The molecule has 1 aromatic rings. The Bertz CT molecular complexity index is 598. The van der Waals surface area contributed by atoms with Gasteiger partial charge in [-0.3, -0.25) is 0 Å². The normalized spacial score (nSPS) is 20.4. The predicted octanol–water partition coefficient (Wildman–Crippen LogP) is 2.82. The Morgan fingerprint density at radius 1 is 1.10 bits per heavy atom. The maximum atomic E-state index is 12.5. The maximum absolute atomic E-state index is 12.5. The highest BCUT2D eigenvalue weighted by atomic mass is 32.2. The van der Waals surface area contributed by atoms with Gasteiger partial charge in [0.1, 0.15) is 5.82 Å². The van der Waals surface area contributed by atoms with Crippen LogP contribution >= 0.6 is 0 Å². The van der Waals surface area contributed by atoms with Gasteiger partial charge in [-0.1, -0.05) is 19.3 Å². The van der Waals surface area contributed by atoms with E-state index in [4.69, 9.17) is 0 Å². The van der Waals surface area contributed by atoms with Gasteiger partial charge in [-0.2, -0.15) is 0 Å². The number of fused-ring (bicyclic) bond motifs is 1. The molecule has 0 bridgehead atoms. The van der Waals surface area contributed by atoms with Crippen LogP contribution in [0.2, 0.25) is 0 Å². The molecular formula is C16H26N2O2S. The van der Waals surface area contributed by atoms with E-state index in [0.29, 0.717) is 6.54 Å². The molecule has 1 fully saturated rings. The predicted molar refractivity (Wildman–Crippen MR) is 84.3 cm³/mol. The van der Waals surface area contributed by atoms with Crippen LogP contribution in [0, 0.1) is 6.92 Å². The van der Waals surface area contributed by atoms with Crippen molar-refractivity contribution < 1.29 is 8.42 Å². The SMILES string of the molecule is Cc1nc2c(n1CCS(=O)(=O)C1CCCCC1)CCCC2. The lowest BCUT2D eigenvalue weighted by Gasteiger charge is -2.22. The summed E-state index contributed by atoms with van der Waals surface area (Å²) in [6.07, 6.45) is 9.59. The lowest BCUT2D eigenvalue weighted by molar-refractivity contribution is 0.481. The van der Waals surface area contributed by atoms with Crippen molar-refractivity contribution in [2.24, 2.45) is 0 Å². The maximum Gasteiger partial charge on any atom is 0.154 e. The van der Waals surface area contributed by atoms with Crippen LogP contribution in [0.3, 0.4) is 0 Å². The minimum absolute atomic E-state index is 0.0918. The summed E-state index contributed by atoms with van der Waals surface area (Å²) in [6.45, 7) is 2.60. The minimum Gasteiger partial charge on any atom is -0.331 e. The largest absolute Gasteiger partial charge is 0.331 e. The fourth-order valence-corrected chi connectivity index (χ4v) is 5.66. The molecule has 1 heterocycles. The van der Waals surface area contributed by atoms with E-state index in [1.807, 2.05) is 6.92 Å². The number of aryl methyl sites for hydroxylation is 2. The van der Waals surface area contributed by atoms with Crippen molar-refractivity contribution in [3.63, 3.8) is 0 Å². The summed E-state index contributed by atoms with van der Waals surface area (Å²) in [5.41, 5.74) is 2.49. The van der Waals surface area contributed by atoms with Crippen molar-refractivity contribution in [3.05, 3.63) is 17.2 Å². The highest BCUT2D eigenvalue weighted by Gasteiger charge is 2.27. The van der Waals surface area contributed by atoms with Crippen LogP contribution in [0.25, 0.3) is 0 Å². The summed E-state index contributed by atoms with van der Waals surface area (Å²) in [6, 6.07) is 0. The van der Waals surface area contributed by atoms with Crippen LogP contribution in [0.4, 0.5) is 0 Å². The molecule has 3 rings (SSSR count). The average Bonchev–Trinajstić information content (AvgIpc) is 2.81. The van der Waals surface area contributed by atoms with Crippen LogP contribution in [0.1, 0.15) is 62.2 Å². The third-order valence-electron chi connectivity index (χ3n) is 5.08. The van der Waals surface area contributed by atoms with E-state index in [2.05, 4.69) is 9.55 Å². The third-order valence-corrected chi connectivity index (χ3v) is 7.32. The van der Waals surface area contributed by atoms with Gasteiger partial charge in [0.25, 0.3) is 0 Å². The number of aromatic nitrogens is 2. The first kappa shape index (κ1) is 15.1. The van der Waals surface area contributed by atoms with Gasteiger partial charge in [-0.25, -0.2) is 13.4 Å². The van der Waals surface area contributed by atoms with Gasteiger partial charge < -0.3 is 4.57 Å². The van der Waals surface area contributed by atoms with Crippen LogP contribution in [-0.2, 0) is 29.2 Å². The molecule has 0 saturated heterocycles. The molecule has 0 aliphatic heterocycles. The second kappa shape index (κ2) is 6.11. The van der Waals surface area contributed by atoms with Gasteiger partial charge in [0.2, 0.25) is 0 Å². The number of hydrogen-bond donors (Lipinski definition) is 0. The Hall–Kier alpha value is -0.840. The van der Waals surface area contributed by atoms with Gasteiger partial charge in [0.05, 0.1) is 16.7 Å². The Balaban J connectivity index is 1.71. The number of rotatable bonds is 4. The van der Waals surface area contributed by atoms with E-state index < -0.39 is 9.84 Å².